The molecule has 6 nitrogen and oxygen atoms in total. The number of fused-ring (bicyclic) bond motifs is 1. The molecule has 2 saturated heterocycles. The molecule has 130 valence electrons. The van der Waals surface area contributed by atoms with Gasteiger partial charge in [-0.2, -0.15) is 0 Å². The van der Waals surface area contributed by atoms with E-state index in [2.05, 4.69) is 0 Å². The zero-order valence-corrected chi connectivity index (χ0v) is 15.4. The summed E-state index contributed by atoms with van der Waals surface area (Å²) in [6.45, 7) is 1.94. The van der Waals surface area contributed by atoms with Crippen molar-refractivity contribution in [2.75, 3.05) is 29.6 Å². The van der Waals surface area contributed by atoms with Crippen LogP contribution < -0.4 is 4.90 Å². The van der Waals surface area contributed by atoms with Gasteiger partial charge in [-0.05, 0) is 37.3 Å². The number of hydrogen-bond acceptors (Lipinski definition) is 5. The van der Waals surface area contributed by atoms with Gasteiger partial charge < -0.3 is 14.5 Å². The highest BCUT2D eigenvalue weighted by Gasteiger charge is 2.52. The first kappa shape index (κ1) is 17.4. The average Bonchev–Trinajstić information content (AvgIpc) is 2.91. The van der Waals surface area contributed by atoms with E-state index < -0.39 is 15.8 Å². The van der Waals surface area contributed by atoms with Crippen LogP contribution in [0.2, 0.25) is 5.02 Å². The van der Waals surface area contributed by atoms with E-state index >= 15 is 0 Å². The fourth-order valence-electron chi connectivity index (χ4n) is 3.24. The quantitative estimate of drug-likeness (QED) is 0.571. The number of benzene rings is 1. The van der Waals surface area contributed by atoms with Gasteiger partial charge in [0.15, 0.2) is 14.9 Å². The van der Waals surface area contributed by atoms with Crippen molar-refractivity contribution in [2.45, 2.75) is 19.0 Å². The molecule has 0 N–H and O–H groups in total. The third-order valence-corrected chi connectivity index (χ3v) is 6.53. The number of ether oxygens (including phenoxy) is 1. The van der Waals surface area contributed by atoms with Gasteiger partial charge in [-0.1, -0.05) is 17.7 Å². The summed E-state index contributed by atoms with van der Waals surface area (Å²) in [6.07, 6.45) is 0. The molecule has 2 aliphatic heterocycles. The van der Waals surface area contributed by atoms with E-state index in [1.807, 2.05) is 6.07 Å². The van der Waals surface area contributed by atoms with Crippen molar-refractivity contribution in [3.8, 4) is 0 Å². The Morgan fingerprint density at radius 1 is 1.38 bits per heavy atom. The highest BCUT2D eigenvalue weighted by Crippen LogP contribution is 2.35. The number of esters is 1. The minimum absolute atomic E-state index is 0.00362. The fourth-order valence-corrected chi connectivity index (χ4v) is 5.81. The Morgan fingerprint density at radius 3 is 2.75 bits per heavy atom. The summed E-state index contributed by atoms with van der Waals surface area (Å²) < 4.78 is 29.2. The number of halogens is 1. The molecule has 1 aromatic carbocycles. The SMILES string of the molecule is CCOC(=O)CN1C(=S)N(c2cccc(Cl)c2)[C@H]2CS(=O)(=O)C[C@@H]21. The summed E-state index contributed by atoms with van der Waals surface area (Å²) in [6, 6.07) is 6.41. The first-order chi connectivity index (χ1) is 11.3. The molecule has 0 bridgehead atoms. The molecule has 2 aliphatic rings. The van der Waals surface area contributed by atoms with E-state index in [1.165, 1.54) is 0 Å². The third-order valence-electron chi connectivity index (χ3n) is 4.17. The lowest BCUT2D eigenvalue weighted by Crippen LogP contribution is -2.41. The van der Waals surface area contributed by atoms with Gasteiger partial charge in [0.1, 0.15) is 6.54 Å². The van der Waals surface area contributed by atoms with E-state index in [9.17, 15) is 13.2 Å². The molecular weight excluding hydrogens is 372 g/mol. The van der Waals surface area contributed by atoms with Crippen molar-refractivity contribution in [1.29, 1.82) is 0 Å². The van der Waals surface area contributed by atoms with Gasteiger partial charge >= 0.3 is 5.97 Å². The third kappa shape index (κ3) is 3.22. The van der Waals surface area contributed by atoms with Crippen molar-refractivity contribution in [3.63, 3.8) is 0 Å². The normalized spacial score (nSPS) is 25.0. The molecule has 2 atom stereocenters. The van der Waals surface area contributed by atoms with Crippen LogP contribution in [-0.4, -0.2) is 61.1 Å². The second-order valence-electron chi connectivity index (χ2n) is 5.78. The first-order valence-electron chi connectivity index (χ1n) is 7.54. The molecule has 0 unspecified atom stereocenters. The van der Waals surface area contributed by atoms with Gasteiger partial charge in [-0.25, -0.2) is 8.42 Å². The summed E-state index contributed by atoms with van der Waals surface area (Å²) >= 11 is 11.6. The van der Waals surface area contributed by atoms with E-state index in [0.29, 0.717) is 10.1 Å². The molecule has 24 heavy (non-hydrogen) atoms. The van der Waals surface area contributed by atoms with Crippen molar-refractivity contribution >= 4 is 50.4 Å². The summed E-state index contributed by atoms with van der Waals surface area (Å²) in [5.74, 6) is -0.436. The summed E-state index contributed by atoms with van der Waals surface area (Å²) in [5.41, 5.74) is 0.728. The van der Waals surface area contributed by atoms with Crippen molar-refractivity contribution in [1.82, 2.24) is 4.90 Å². The minimum Gasteiger partial charge on any atom is -0.465 e. The fraction of sp³-hybridized carbons (Fsp3) is 0.467. The molecule has 0 aliphatic carbocycles. The number of sulfone groups is 1. The molecular formula is C15H17ClN2O4S2. The van der Waals surface area contributed by atoms with Crippen LogP contribution in [0.15, 0.2) is 24.3 Å². The summed E-state index contributed by atoms with van der Waals surface area (Å²) in [5, 5.41) is 0.965. The van der Waals surface area contributed by atoms with Gasteiger partial charge in [-0.3, -0.25) is 4.79 Å². The number of rotatable bonds is 4. The van der Waals surface area contributed by atoms with Crippen molar-refractivity contribution in [2.24, 2.45) is 0 Å². The van der Waals surface area contributed by atoms with Crippen LogP contribution in [0, 0.1) is 0 Å². The van der Waals surface area contributed by atoms with Crippen LogP contribution in [0.1, 0.15) is 6.92 Å². The molecule has 3 rings (SSSR count). The van der Waals surface area contributed by atoms with Crippen LogP contribution in [0.5, 0.6) is 0 Å². The number of nitrogens with zero attached hydrogens (tertiary/aromatic N) is 2. The summed E-state index contributed by atoms with van der Waals surface area (Å²) in [7, 11) is -3.19. The Hall–Kier alpha value is -1.38. The smallest absolute Gasteiger partial charge is 0.325 e. The molecule has 0 aromatic heterocycles. The Kier molecular flexibility index (Phi) is 4.72. The van der Waals surface area contributed by atoms with Gasteiger partial charge in [0, 0.05) is 10.7 Å². The first-order valence-corrected chi connectivity index (χ1v) is 10.1. The average molecular weight is 389 g/mol. The highest BCUT2D eigenvalue weighted by molar-refractivity contribution is 7.91. The Bertz CT molecular complexity index is 783. The second-order valence-corrected chi connectivity index (χ2v) is 8.73. The molecule has 0 radical (unpaired) electrons. The van der Waals surface area contributed by atoms with Crippen LogP contribution in [0.3, 0.4) is 0 Å². The second kappa shape index (κ2) is 6.50. The maximum absolute atomic E-state index is 12.1. The molecule has 1 aromatic rings. The Labute approximate surface area is 151 Å². The van der Waals surface area contributed by atoms with E-state index in [0.717, 1.165) is 5.69 Å². The molecule has 2 heterocycles. The van der Waals surface area contributed by atoms with Crippen LogP contribution in [0.4, 0.5) is 5.69 Å². The maximum atomic E-state index is 12.1. The predicted octanol–water partition coefficient (Wildman–Crippen LogP) is 1.48. The number of thiocarbonyl (C=S) groups is 1. The minimum atomic E-state index is -3.19. The van der Waals surface area contributed by atoms with E-state index in [-0.39, 0.29) is 36.7 Å². The number of hydrogen-bond donors (Lipinski definition) is 0. The van der Waals surface area contributed by atoms with Crippen LogP contribution in [0.25, 0.3) is 0 Å². The lowest BCUT2D eigenvalue weighted by molar-refractivity contribution is -0.143. The topological polar surface area (TPSA) is 66.9 Å². The number of carbonyl (C=O) groups excluding carboxylic acids is 1. The van der Waals surface area contributed by atoms with E-state index in [4.69, 9.17) is 28.6 Å². The van der Waals surface area contributed by atoms with Crippen LogP contribution in [-0.2, 0) is 19.4 Å². The summed E-state index contributed by atoms with van der Waals surface area (Å²) in [4.78, 5) is 15.3. The molecule has 9 heteroatoms. The maximum Gasteiger partial charge on any atom is 0.325 e. The number of anilines is 1. The monoisotopic (exact) mass is 388 g/mol. The van der Waals surface area contributed by atoms with Crippen LogP contribution >= 0.6 is 23.8 Å². The van der Waals surface area contributed by atoms with Gasteiger partial charge in [0.05, 0.1) is 30.2 Å². The molecule has 0 saturated carbocycles. The molecule has 0 spiro atoms. The van der Waals surface area contributed by atoms with Gasteiger partial charge in [0.25, 0.3) is 0 Å². The molecule has 2 fully saturated rings. The zero-order chi connectivity index (χ0) is 17.5. The van der Waals surface area contributed by atoms with Crippen molar-refractivity contribution < 1.29 is 17.9 Å². The lowest BCUT2D eigenvalue weighted by Gasteiger charge is -2.25. The van der Waals surface area contributed by atoms with E-state index in [1.54, 1.807) is 34.9 Å². The highest BCUT2D eigenvalue weighted by atomic mass is 35.5. The van der Waals surface area contributed by atoms with Gasteiger partial charge in [-0.15, -0.1) is 0 Å². The number of carbonyl (C=O) groups is 1. The van der Waals surface area contributed by atoms with Crippen molar-refractivity contribution in [3.05, 3.63) is 29.3 Å². The lowest BCUT2D eigenvalue weighted by atomic mass is 10.1. The van der Waals surface area contributed by atoms with Gasteiger partial charge in [0.2, 0.25) is 0 Å². The predicted molar refractivity (Wildman–Crippen MR) is 96.1 cm³/mol. The standard InChI is InChI=1S/C15H17ClN2O4S2/c1-2-22-14(19)7-17-12-8-24(20,21)9-13(12)18(15(17)23)11-5-3-4-10(16)6-11/h3-6,12-13H,2,7-9H2,1H3/t12-,13-/m0/s1. The zero-order valence-electron chi connectivity index (χ0n) is 13.0. The largest absolute Gasteiger partial charge is 0.465 e. The molecule has 0 amide bonds. The Morgan fingerprint density at radius 2 is 2.08 bits per heavy atom. The Balaban J connectivity index is 1.95.